The summed E-state index contributed by atoms with van der Waals surface area (Å²) in [5.41, 5.74) is 7.65. The van der Waals surface area contributed by atoms with Gasteiger partial charge in [0.1, 0.15) is 0 Å². The first kappa shape index (κ1) is 8.17. The van der Waals surface area contributed by atoms with E-state index in [1.807, 2.05) is 24.3 Å². The second-order valence-corrected chi connectivity index (χ2v) is 3.63. The number of amidine groups is 2. The number of hydrogen-bond donors (Lipinski definition) is 2. The van der Waals surface area contributed by atoms with Gasteiger partial charge >= 0.3 is 5.84 Å². The van der Waals surface area contributed by atoms with Crippen LogP contribution in [0, 0.1) is 0 Å². The molecule has 4 N–H and O–H groups in total. The molecule has 3 rings (SSSR count). The van der Waals surface area contributed by atoms with E-state index in [-0.39, 0.29) is 0 Å². The maximum Gasteiger partial charge on any atom is 0.324 e. The van der Waals surface area contributed by atoms with Crippen LogP contribution in [0.4, 0.5) is 0 Å². The Morgan fingerprint density at radius 1 is 1.00 bits per heavy atom. The second-order valence-electron chi connectivity index (χ2n) is 3.63. The Labute approximate surface area is 86.8 Å². The molecule has 0 saturated heterocycles. The Balaban J connectivity index is 2.41. The van der Waals surface area contributed by atoms with Gasteiger partial charge in [-0.15, -0.1) is 0 Å². The number of rotatable bonds is 0. The minimum absolute atomic E-state index is 0.508. The van der Waals surface area contributed by atoms with Gasteiger partial charge in [-0.25, -0.2) is 0 Å². The Kier molecular flexibility index (Phi) is 1.45. The van der Waals surface area contributed by atoms with Gasteiger partial charge in [-0.3, -0.25) is 5.41 Å². The molecule has 0 saturated carbocycles. The zero-order valence-electron chi connectivity index (χ0n) is 8.07. The number of aliphatic imine (C=N–C) groups is 1. The molecule has 0 unspecified atom stereocenters. The molecule has 0 amide bonds. The van der Waals surface area contributed by atoms with Crippen LogP contribution in [0.2, 0.25) is 0 Å². The highest BCUT2D eigenvalue weighted by atomic mass is 14.9. The molecule has 1 aliphatic heterocycles. The van der Waals surface area contributed by atoms with E-state index in [0.717, 1.165) is 21.9 Å². The molecule has 0 spiro atoms. The molecule has 0 atom stereocenters. The van der Waals surface area contributed by atoms with E-state index in [9.17, 15) is 0 Å². The highest BCUT2D eigenvalue weighted by molar-refractivity contribution is 6.21. The number of hydrogen-bond acceptors (Lipinski definition) is 1. The summed E-state index contributed by atoms with van der Waals surface area (Å²) in [5.74, 6) is 1.02. The summed E-state index contributed by atoms with van der Waals surface area (Å²) in [5, 5.41) is 8.09. The fourth-order valence-electron chi connectivity index (χ4n) is 1.91. The predicted octanol–water partition coefficient (Wildman–Crippen LogP) is 0.0644. The minimum atomic E-state index is 0.508. The van der Waals surface area contributed by atoms with Crippen LogP contribution >= 0.6 is 0 Å². The summed E-state index contributed by atoms with van der Waals surface area (Å²) in [6.07, 6.45) is 0. The average Bonchev–Trinajstić information content (AvgIpc) is 2.52. The van der Waals surface area contributed by atoms with E-state index in [2.05, 4.69) is 17.1 Å². The van der Waals surface area contributed by atoms with Crippen LogP contribution in [0.3, 0.4) is 0 Å². The summed E-state index contributed by atoms with van der Waals surface area (Å²) < 4.78 is 0. The van der Waals surface area contributed by atoms with Crippen LogP contribution < -0.4 is 11.1 Å². The first-order chi connectivity index (χ1) is 7.25. The van der Waals surface area contributed by atoms with Crippen LogP contribution in [-0.4, -0.2) is 11.7 Å². The zero-order valence-corrected chi connectivity index (χ0v) is 8.07. The van der Waals surface area contributed by atoms with Crippen LogP contribution in [0.25, 0.3) is 10.8 Å². The van der Waals surface area contributed by atoms with Crippen LogP contribution in [-0.2, 0) is 0 Å². The van der Waals surface area contributed by atoms with E-state index in [0.29, 0.717) is 11.7 Å². The van der Waals surface area contributed by atoms with E-state index in [1.165, 1.54) is 0 Å². The predicted molar refractivity (Wildman–Crippen MR) is 60.7 cm³/mol. The largest absolute Gasteiger partial charge is 0.362 e. The standard InChI is InChI=1S/C12H9N3/c13-11-9-5-7-3-1-2-4-8(7)6-10(9)12(14)15-11/h1-6H,(H3,13,14,15)/p+1. The second kappa shape index (κ2) is 2.67. The first-order valence-electron chi connectivity index (χ1n) is 4.76. The third-order valence-corrected chi connectivity index (χ3v) is 2.68. The lowest BCUT2D eigenvalue weighted by molar-refractivity contribution is -0.113. The number of benzene rings is 2. The van der Waals surface area contributed by atoms with Crippen molar-refractivity contribution in [2.75, 3.05) is 0 Å². The summed E-state index contributed by atoms with van der Waals surface area (Å²) in [4.78, 5) is 4.07. The highest BCUT2D eigenvalue weighted by Gasteiger charge is 2.26. The molecular formula is C12H10N3+. The molecule has 2 aromatic rings. The van der Waals surface area contributed by atoms with Gasteiger partial charge in [0, 0.05) is 0 Å². The SMILES string of the molecule is NC1=NC(=[NH2+])c2cc3ccccc3cc21. The van der Waals surface area contributed by atoms with Gasteiger partial charge in [0.25, 0.3) is 0 Å². The normalized spacial score (nSPS) is 14.1. The maximum absolute atomic E-state index is 5.78. The van der Waals surface area contributed by atoms with Crippen LogP contribution in [0.1, 0.15) is 11.1 Å². The van der Waals surface area contributed by atoms with Crippen molar-refractivity contribution in [1.82, 2.24) is 0 Å². The molecule has 3 nitrogen and oxygen atoms in total. The quantitative estimate of drug-likeness (QED) is 0.615. The number of nitrogens with two attached hydrogens (primary N) is 2. The number of fused-ring (bicyclic) bond motifs is 2. The van der Waals surface area contributed by atoms with Crippen molar-refractivity contribution < 1.29 is 5.41 Å². The lowest BCUT2D eigenvalue weighted by Crippen LogP contribution is -2.38. The van der Waals surface area contributed by atoms with Crippen molar-refractivity contribution in [2.45, 2.75) is 0 Å². The molecule has 0 bridgehead atoms. The Hall–Kier alpha value is -2.16. The Bertz CT molecular complexity index is 611. The third-order valence-electron chi connectivity index (χ3n) is 2.68. The van der Waals surface area contributed by atoms with E-state index >= 15 is 0 Å². The average molecular weight is 196 g/mol. The van der Waals surface area contributed by atoms with Gasteiger partial charge in [0.05, 0.1) is 11.1 Å². The topological polar surface area (TPSA) is 64.0 Å². The van der Waals surface area contributed by atoms with Crippen molar-refractivity contribution in [3.8, 4) is 0 Å². The molecule has 1 aliphatic rings. The van der Waals surface area contributed by atoms with Gasteiger partial charge in [-0.1, -0.05) is 24.3 Å². The molecule has 1 heterocycles. The fraction of sp³-hybridized carbons (Fsp3) is 0. The van der Waals surface area contributed by atoms with E-state index in [4.69, 9.17) is 11.1 Å². The minimum Gasteiger partial charge on any atom is -0.362 e. The molecule has 0 fully saturated rings. The Morgan fingerprint density at radius 3 is 2.27 bits per heavy atom. The van der Waals surface area contributed by atoms with E-state index < -0.39 is 0 Å². The fourth-order valence-corrected chi connectivity index (χ4v) is 1.91. The van der Waals surface area contributed by atoms with Gasteiger partial charge in [-0.2, -0.15) is 0 Å². The summed E-state index contributed by atoms with van der Waals surface area (Å²) in [7, 11) is 0. The smallest absolute Gasteiger partial charge is 0.324 e. The van der Waals surface area contributed by atoms with Gasteiger partial charge in [0.2, 0.25) is 5.84 Å². The highest BCUT2D eigenvalue weighted by Crippen LogP contribution is 2.23. The van der Waals surface area contributed by atoms with Crippen molar-refractivity contribution in [3.63, 3.8) is 0 Å². The monoisotopic (exact) mass is 196 g/mol. The lowest BCUT2D eigenvalue weighted by Gasteiger charge is -2.00. The maximum atomic E-state index is 5.78. The molecular weight excluding hydrogens is 186 g/mol. The zero-order chi connectivity index (χ0) is 10.4. The molecule has 72 valence electrons. The van der Waals surface area contributed by atoms with Gasteiger partial charge in [0.15, 0.2) is 0 Å². The van der Waals surface area contributed by atoms with Crippen molar-refractivity contribution in [1.29, 1.82) is 0 Å². The van der Waals surface area contributed by atoms with E-state index in [1.54, 1.807) is 0 Å². The Morgan fingerprint density at radius 2 is 1.60 bits per heavy atom. The van der Waals surface area contributed by atoms with Crippen molar-refractivity contribution >= 4 is 22.4 Å². The number of nitrogens with zero attached hydrogens (tertiary/aromatic N) is 1. The first-order valence-corrected chi connectivity index (χ1v) is 4.76. The van der Waals surface area contributed by atoms with Crippen molar-refractivity contribution in [2.24, 2.45) is 10.7 Å². The molecule has 3 heteroatoms. The summed E-state index contributed by atoms with van der Waals surface area (Å²) in [6.45, 7) is 0. The van der Waals surface area contributed by atoms with Gasteiger partial charge in [-0.05, 0) is 27.9 Å². The molecule has 0 aliphatic carbocycles. The van der Waals surface area contributed by atoms with Gasteiger partial charge < -0.3 is 5.73 Å². The lowest BCUT2D eigenvalue weighted by atomic mass is 10.0. The molecule has 0 aromatic heterocycles. The summed E-state index contributed by atoms with van der Waals surface area (Å²) in [6, 6.07) is 12.2. The third kappa shape index (κ3) is 1.06. The van der Waals surface area contributed by atoms with Crippen LogP contribution in [0.5, 0.6) is 0 Å². The molecule has 0 radical (unpaired) electrons. The van der Waals surface area contributed by atoms with Crippen LogP contribution in [0.15, 0.2) is 41.4 Å². The molecule has 15 heavy (non-hydrogen) atoms. The van der Waals surface area contributed by atoms with Crippen molar-refractivity contribution in [3.05, 3.63) is 47.5 Å². The summed E-state index contributed by atoms with van der Waals surface area (Å²) >= 11 is 0. The molecule has 2 aromatic carbocycles.